The van der Waals surface area contributed by atoms with E-state index in [-0.39, 0.29) is 63.6 Å². The van der Waals surface area contributed by atoms with Gasteiger partial charge in [-0.15, -0.1) is 5.76 Å². The molecular weight excluding hydrogens is 303 g/mol. The third-order valence-corrected chi connectivity index (χ3v) is 3.12. The molecule has 0 aliphatic carbocycles. The molecule has 0 aliphatic heterocycles. The average molecular weight is 333 g/mol. The Balaban J connectivity index is 0. The second-order valence-electron chi connectivity index (χ2n) is 5.19. The van der Waals surface area contributed by atoms with Crippen LogP contribution in [0.1, 0.15) is 71.1 Å². The zero-order chi connectivity index (χ0) is 15.8. The van der Waals surface area contributed by atoms with Crippen LogP contribution in [0.5, 0.6) is 0 Å². The Morgan fingerprint density at radius 1 is 1.00 bits per heavy atom. The summed E-state index contributed by atoms with van der Waals surface area (Å²) in [5.74, 6) is -0.652. The largest absolute Gasteiger partial charge is 1.00 e. The van der Waals surface area contributed by atoms with Crippen LogP contribution in [-0.2, 0) is 4.79 Å². The molecule has 0 heterocycles. The Hall–Kier alpha value is 0.126. The van der Waals surface area contributed by atoms with Gasteiger partial charge in [0.2, 0.25) is 0 Å². The summed E-state index contributed by atoms with van der Waals surface area (Å²) in [6.45, 7) is 2.20. The molecule has 0 atom stereocenters. The molecule has 22 heavy (non-hydrogen) atoms. The van der Waals surface area contributed by atoms with Crippen molar-refractivity contribution in [1.29, 1.82) is 0 Å². The first kappa shape index (κ1) is 24.4. The third kappa shape index (κ3) is 20.1. The summed E-state index contributed by atoms with van der Waals surface area (Å²) in [4.78, 5) is 10.3. The SMILES string of the molecule is CCCCC/C=C\C/C=C\C/C([O-])=C\CCCCC(=O)O.[K+]. The minimum atomic E-state index is -0.771. The van der Waals surface area contributed by atoms with Crippen LogP contribution in [0.3, 0.4) is 0 Å². The molecule has 3 nitrogen and oxygen atoms in total. The van der Waals surface area contributed by atoms with Crippen LogP contribution < -0.4 is 56.5 Å². The van der Waals surface area contributed by atoms with Gasteiger partial charge in [-0.1, -0.05) is 50.1 Å². The van der Waals surface area contributed by atoms with Crippen molar-refractivity contribution in [3.05, 3.63) is 36.1 Å². The minimum Gasteiger partial charge on any atom is -0.875 e. The molecule has 120 valence electrons. The number of hydrogen-bond acceptors (Lipinski definition) is 2. The standard InChI is InChI=1S/C18H30O3.K/c1-2-3-4-5-6-7-8-9-11-14-17(19)15-12-10-13-16-18(20)21;/h6-7,9,11,15,19H,2-5,8,10,12-14,16H2,1H3,(H,20,21);/q;+1/p-1/b7-6-,11-9-,17-15+;. The molecular formula is C18H29KO3. The summed E-state index contributed by atoms with van der Waals surface area (Å²) < 4.78 is 0. The summed E-state index contributed by atoms with van der Waals surface area (Å²) in [6, 6.07) is 0. The van der Waals surface area contributed by atoms with Gasteiger partial charge in [0.25, 0.3) is 0 Å². The van der Waals surface area contributed by atoms with E-state index in [1.807, 2.05) is 12.2 Å². The van der Waals surface area contributed by atoms with Crippen LogP contribution in [0.2, 0.25) is 0 Å². The van der Waals surface area contributed by atoms with Crippen molar-refractivity contribution in [1.82, 2.24) is 0 Å². The number of carboxylic acids is 1. The van der Waals surface area contributed by atoms with E-state index < -0.39 is 5.97 Å². The number of carboxylic acid groups (broad SMARTS) is 1. The van der Waals surface area contributed by atoms with Gasteiger partial charge < -0.3 is 10.2 Å². The first-order valence-corrected chi connectivity index (χ1v) is 8.04. The number of allylic oxidation sites excluding steroid dienone is 5. The zero-order valence-electron chi connectivity index (χ0n) is 14.2. The number of aliphatic carboxylic acids is 1. The van der Waals surface area contributed by atoms with Crippen LogP contribution in [0.15, 0.2) is 36.1 Å². The molecule has 4 heteroatoms. The van der Waals surface area contributed by atoms with Crippen LogP contribution in [0, 0.1) is 0 Å². The van der Waals surface area contributed by atoms with Gasteiger partial charge >= 0.3 is 57.4 Å². The Morgan fingerprint density at radius 3 is 2.36 bits per heavy atom. The van der Waals surface area contributed by atoms with Crippen molar-refractivity contribution in [2.24, 2.45) is 0 Å². The molecule has 0 aromatic carbocycles. The number of hydrogen-bond donors (Lipinski definition) is 1. The number of carbonyl (C=O) groups is 1. The molecule has 0 fully saturated rings. The van der Waals surface area contributed by atoms with Crippen molar-refractivity contribution in [3.63, 3.8) is 0 Å². The number of unbranched alkanes of at least 4 members (excludes halogenated alkanes) is 5. The van der Waals surface area contributed by atoms with Crippen LogP contribution in [-0.4, -0.2) is 11.1 Å². The Labute approximate surface area is 178 Å². The summed E-state index contributed by atoms with van der Waals surface area (Å²) in [5, 5.41) is 20.0. The van der Waals surface area contributed by atoms with Gasteiger partial charge in [0.05, 0.1) is 0 Å². The van der Waals surface area contributed by atoms with Gasteiger partial charge in [0.15, 0.2) is 0 Å². The monoisotopic (exact) mass is 332 g/mol. The molecule has 0 aromatic rings. The maximum absolute atomic E-state index is 11.5. The van der Waals surface area contributed by atoms with Gasteiger partial charge in [-0.2, -0.15) is 0 Å². The minimum absolute atomic E-state index is 0. The predicted octanol–water partition coefficient (Wildman–Crippen LogP) is 1.35. The van der Waals surface area contributed by atoms with E-state index in [0.717, 1.165) is 19.3 Å². The molecule has 0 saturated heterocycles. The summed E-state index contributed by atoms with van der Waals surface area (Å²) in [5.41, 5.74) is 0. The molecule has 0 radical (unpaired) electrons. The maximum atomic E-state index is 11.5. The average Bonchev–Trinajstić information content (AvgIpc) is 2.45. The molecule has 0 unspecified atom stereocenters. The van der Waals surface area contributed by atoms with Gasteiger partial charge in [-0.05, 0) is 44.9 Å². The van der Waals surface area contributed by atoms with E-state index in [0.29, 0.717) is 19.3 Å². The first-order valence-electron chi connectivity index (χ1n) is 8.04. The molecule has 0 saturated carbocycles. The van der Waals surface area contributed by atoms with Crippen molar-refractivity contribution in [3.8, 4) is 0 Å². The number of rotatable bonds is 13. The molecule has 0 rings (SSSR count). The molecule has 0 aromatic heterocycles. The smallest absolute Gasteiger partial charge is 0.875 e. The fourth-order valence-corrected chi connectivity index (χ4v) is 1.87. The molecule has 0 spiro atoms. The van der Waals surface area contributed by atoms with E-state index in [4.69, 9.17) is 5.11 Å². The van der Waals surface area contributed by atoms with Gasteiger partial charge in [0, 0.05) is 6.42 Å². The van der Waals surface area contributed by atoms with Crippen molar-refractivity contribution >= 4 is 5.97 Å². The Kier molecular flexibility index (Phi) is 21.2. The quantitative estimate of drug-likeness (QED) is 0.240. The van der Waals surface area contributed by atoms with Crippen LogP contribution >= 0.6 is 0 Å². The van der Waals surface area contributed by atoms with Crippen LogP contribution in [0.25, 0.3) is 0 Å². The normalized spacial score (nSPS) is 12.0. The van der Waals surface area contributed by atoms with E-state index >= 15 is 0 Å². The molecule has 0 bridgehead atoms. The van der Waals surface area contributed by atoms with Crippen molar-refractivity contribution in [2.75, 3.05) is 0 Å². The van der Waals surface area contributed by atoms with E-state index in [1.54, 1.807) is 6.08 Å². The van der Waals surface area contributed by atoms with Gasteiger partial charge in [0.1, 0.15) is 0 Å². The summed E-state index contributed by atoms with van der Waals surface area (Å²) >= 11 is 0. The Bertz CT molecular complexity index is 346. The zero-order valence-corrected chi connectivity index (χ0v) is 17.3. The van der Waals surface area contributed by atoms with Crippen molar-refractivity contribution in [2.45, 2.75) is 71.1 Å². The molecule has 0 aliphatic rings. The second-order valence-corrected chi connectivity index (χ2v) is 5.19. The first-order chi connectivity index (χ1) is 10.2. The topological polar surface area (TPSA) is 60.4 Å². The second kappa shape index (κ2) is 19.2. The van der Waals surface area contributed by atoms with Gasteiger partial charge in [-0.3, -0.25) is 4.79 Å². The predicted molar refractivity (Wildman–Crippen MR) is 85.8 cm³/mol. The van der Waals surface area contributed by atoms with E-state index in [9.17, 15) is 9.90 Å². The van der Waals surface area contributed by atoms with Gasteiger partial charge in [-0.25, -0.2) is 0 Å². The maximum Gasteiger partial charge on any atom is 1.00 e. The van der Waals surface area contributed by atoms with Crippen LogP contribution in [0.4, 0.5) is 0 Å². The fraction of sp³-hybridized carbons (Fsp3) is 0.611. The Morgan fingerprint density at radius 2 is 1.68 bits per heavy atom. The van der Waals surface area contributed by atoms with E-state index in [1.165, 1.54) is 19.3 Å². The summed E-state index contributed by atoms with van der Waals surface area (Å²) in [6.07, 6.45) is 18.5. The van der Waals surface area contributed by atoms with E-state index in [2.05, 4.69) is 19.1 Å². The van der Waals surface area contributed by atoms with Crippen molar-refractivity contribution < 1.29 is 66.4 Å². The third-order valence-electron chi connectivity index (χ3n) is 3.12. The molecule has 0 amide bonds. The fourth-order valence-electron chi connectivity index (χ4n) is 1.87. The molecule has 1 N–H and O–H groups in total. The summed E-state index contributed by atoms with van der Waals surface area (Å²) in [7, 11) is 0.